The van der Waals surface area contributed by atoms with Gasteiger partial charge in [-0.2, -0.15) is 0 Å². The van der Waals surface area contributed by atoms with Gasteiger partial charge in [-0.25, -0.2) is 0 Å². The standard InChI is InChI=1S/C12H21NO2/c1-12(2,15)11(14)13-7-10-6-8-3-4-9(10)5-8/h8-10,15H,3-7H2,1-2H3,(H,13,14). The van der Waals surface area contributed by atoms with Crippen molar-refractivity contribution >= 4 is 5.91 Å². The smallest absolute Gasteiger partial charge is 0.251 e. The lowest BCUT2D eigenvalue weighted by Gasteiger charge is -2.24. The summed E-state index contributed by atoms with van der Waals surface area (Å²) in [5, 5.41) is 12.3. The lowest BCUT2D eigenvalue weighted by molar-refractivity contribution is -0.136. The van der Waals surface area contributed by atoms with Crippen LogP contribution in [-0.4, -0.2) is 23.2 Å². The van der Waals surface area contributed by atoms with Gasteiger partial charge in [-0.1, -0.05) is 6.42 Å². The van der Waals surface area contributed by atoms with E-state index in [2.05, 4.69) is 5.32 Å². The van der Waals surface area contributed by atoms with E-state index in [4.69, 9.17) is 0 Å². The number of amides is 1. The molecule has 2 fully saturated rings. The third-order valence-electron chi connectivity index (χ3n) is 3.97. The van der Waals surface area contributed by atoms with Crippen molar-refractivity contribution in [1.82, 2.24) is 5.32 Å². The monoisotopic (exact) mass is 211 g/mol. The van der Waals surface area contributed by atoms with E-state index in [9.17, 15) is 9.90 Å². The zero-order valence-corrected chi connectivity index (χ0v) is 9.62. The maximum Gasteiger partial charge on any atom is 0.251 e. The lowest BCUT2D eigenvalue weighted by Crippen LogP contribution is -2.44. The highest BCUT2D eigenvalue weighted by molar-refractivity contribution is 5.83. The second-order valence-electron chi connectivity index (χ2n) is 5.70. The van der Waals surface area contributed by atoms with Gasteiger partial charge in [-0.3, -0.25) is 4.79 Å². The topological polar surface area (TPSA) is 49.3 Å². The van der Waals surface area contributed by atoms with Crippen molar-refractivity contribution in [3.05, 3.63) is 0 Å². The van der Waals surface area contributed by atoms with Crippen molar-refractivity contribution < 1.29 is 9.90 Å². The molecule has 0 spiro atoms. The summed E-state index contributed by atoms with van der Waals surface area (Å²) in [7, 11) is 0. The molecule has 0 radical (unpaired) electrons. The first-order chi connectivity index (χ1) is 6.97. The molecule has 0 aliphatic heterocycles. The third-order valence-corrected chi connectivity index (χ3v) is 3.97. The number of hydrogen-bond acceptors (Lipinski definition) is 2. The fourth-order valence-electron chi connectivity index (χ4n) is 3.07. The molecule has 2 aliphatic carbocycles. The molecule has 3 atom stereocenters. The summed E-state index contributed by atoms with van der Waals surface area (Å²) < 4.78 is 0. The highest BCUT2D eigenvalue weighted by atomic mass is 16.3. The van der Waals surface area contributed by atoms with E-state index in [0.29, 0.717) is 5.92 Å². The Bertz CT molecular complexity index is 257. The van der Waals surface area contributed by atoms with Crippen molar-refractivity contribution in [2.45, 2.75) is 45.1 Å². The van der Waals surface area contributed by atoms with Gasteiger partial charge in [0.2, 0.25) is 0 Å². The molecule has 3 heteroatoms. The Labute approximate surface area is 91.2 Å². The Morgan fingerprint density at radius 3 is 2.60 bits per heavy atom. The molecule has 86 valence electrons. The van der Waals surface area contributed by atoms with Crippen LogP contribution in [0.4, 0.5) is 0 Å². The van der Waals surface area contributed by atoms with E-state index in [1.54, 1.807) is 0 Å². The molecular weight excluding hydrogens is 190 g/mol. The van der Waals surface area contributed by atoms with Gasteiger partial charge in [0.1, 0.15) is 5.60 Å². The molecule has 2 bridgehead atoms. The van der Waals surface area contributed by atoms with Crippen molar-refractivity contribution in [3.63, 3.8) is 0 Å². The zero-order valence-electron chi connectivity index (χ0n) is 9.62. The number of nitrogens with one attached hydrogen (secondary N) is 1. The summed E-state index contributed by atoms with van der Waals surface area (Å²) >= 11 is 0. The third kappa shape index (κ3) is 2.33. The summed E-state index contributed by atoms with van der Waals surface area (Å²) in [6, 6.07) is 0. The Kier molecular flexibility index (Phi) is 2.75. The molecule has 0 saturated heterocycles. The summed E-state index contributed by atoms with van der Waals surface area (Å²) in [5.41, 5.74) is -1.24. The lowest BCUT2D eigenvalue weighted by atomic mass is 9.89. The number of carbonyl (C=O) groups is 1. The first-order valence-corrected chi connectivity index (χ1v) is 5.97. The van der Waals surface area contributed by atoms with Crippen molar-refractivity contribution in [1.29, 1.82) is 0 Å². The van der Waals surface area contributed by atoms with E-state index in [1.165, 1.54) is 39.5 Å². The summed E-state index contributed by atoms with van der Waals surface area (Å²) in [6.07, 6.45) is 5.37. The van der Waals surface area contributed by atoms with Crippen molar-refractivity contribution in [2.75, 3.05) is 6.54 Å². The van der Waals surface area contributed by atoms with Gasteiger partial charge in [0.15, 0.2) is 0 Å². The van der Waals surface area contributed by atoms with Crippen molar-refractivity contribution in [3.8, 4) is 0 Å². The molecule has 2 aliphatic rings. The molecule has 3 nitrogen and oxygen atoms in total. The fourth-order valence-corrected chi connectivity index (χ4v) is 3.07. The summed E-state index contributed by atoms with van der Waals surface area (Å²) in [6.45, 7) is 3.82. The largest absolute Gasteiger partial charge is 0.381 e. The molecule has 2 N–H and O–H groups in total. The van der Waals surface area contributed by atoms with E-state index >= 15 is 0 Å². The van der Waals surface area contributed by atoms with Crippen LogP contribution >= 0.6 is 0 Å². The predicted octanol–water partition coefficient (Wildman–Crippen LogP) is 1.31. The Morgan fingerprint density at radius 2 is 2.13 bits per heavy atom. The first kappa shape index (κ1) is 10.9. The number of rotatable bonds is 3. The van der Waals surface area contributed by atoms with Crippen LogP contribution in [-0.2, 0) is 4.79 Å². The molecule has 0 aromatic heterocycles. The van der Waals surface area contributed by atoms with Gasteiger partial charge >= 0.3 is 0 Å². The molecule has 0 aromatic rings. The molecule has 2 saturated carbocycles. The minimum Gasteiger partial charge on any atom is -0.381 e. The fraction of sp³-hybridized carbons (Fsp3) is 0.917. The number of carbonyl (C=O) groups excluding carboxylic acids is 1. The van der Waals surface area contributed by atoms with E-state index < -0.39 is 5.60 Å². The second kappa shape index (κ2) is 3.78. The highest BCUT2D eigenvalue weighted by Gasteiger charge is 2.39. The van der Waals surface area contributed by atoms with Crippen LogP contribution < -0.4 is 5.32 Å². The van der Waals surface area contributed by atoms with Gasteiger partial charge in [0.05, 0.1) is 0 Å². The summed E-state index contributed by atoms with van der Waals surface area (Å²) in [4.78, 5) is 11.5. The van der Waals surface area contributed by atoms with E-state index in [-0.39, 0.29) is 5.91 Å². The molecule has 3 unspecified atom stereocenters. The quantitative estimate of drug-likeness (QED) is 0.739. The van der Waals surface area contributed by atoms with E-state index in [0.717, 1.165) is 18.4 Å². The van der Waals surface area contributed by atoms with Crippen molar-refractivity contribution in [2.24, 2.45) is 17.8 Å². The number of hydrogen-bond donors (Lipinski definition) is 2. The predicted molar refractivity (Wildman–Crippen MR) is 58.2 cm³/mol. The molecule has 15 heavy (non-hydrogen) atoms. The van der Waals surface area contributed by atoms with Gasteiger partial charge in [0.25, 0.3) is 5.91 Å². The Morgan fingerprint density at radius 1 is 1.40 bits per heavy atom. The summed E-state index contributed by atoms with van der Waals surface area (Å²) in [5.74, 6) is 2.16. The van der Waals surface area contributed by atoms with Gasteiger partial charge in [-0.05, 0) is 50.9 Å². The maximum absolute atomic E-state index is 11.5. The van der Waals surface area contributed by atoms with Crippen LogP contribution in [0.5, 0.6) is 0 Å². The average Bonchev–Trinajstić information content (AvgIpc) is 2.73. The van der Waals surface area contributed by atoms with Crippen LogP contribution in [0.25, 0.3) is 0 Å². The first-order valence-electron chi connectivity index (χ1n) is 5.97. The second-order valence-corrected chi connectivity index (χ2v) is 5.70. The SMILES string of the molecule is CC(C)(O)C(=O)NCC1CC2CCC1C2. The Balaban J connectivity index is 1.77. The molecule has 2 rings (SSSR count). The zero-order chi connectivity index (χ0) is 11.1. The normalized spacial score (nSPS) is 34.5. The maximum atomic E-state index is 11.5. The van der Waals surface area contributed by atoms with Crippen LogP contribution in [0, 0.1) is 17.8 Å². The van der Waals surface area contributed by atoms with Crippen LogP contribution in [0.3, 0.4) is 0 Å². The molecular formula is C12H21NO2. The average molecular weight is 211 g/mol. The minimum atomic E-state index is -1.24. The van der Waals surface area contributed by atoms with Crippen LogP contribution in [0.2, 0.25) is 0 Å². The van der Waals surface area contributed by atoms with Crippen LogP contribution in [0.15, 0.2) is 0 Å². The number of aliphatic hydroxyl groups is 1. The van der Waals surface area contributed by atoms with E-state index in [1.807, 2.05) is 0 Å². The van der Waals surface area contributed by atoms with Gasteiger partial charge < -0.3 is 10.4 Å². The molecule has 1 amide bonds. The minimum absolute atomic E-state index is 0.245. The van der Waals surface area contributed by atoms with Gasteiger partial charge in [-0.15, -0.1) is 0 Å². The van der Waals surface area contributed by atoms with Gasteiger partial charge in [0, 0.05) is 6.54 Å². The highest BCUT2D eigenvalue weighted by Crippen LogP contribution is 2.47. The number of fused-ring (bicyclic) bond motifs is 2. The molecule has 0 heterocycles. The Hall–Kier alpha value is -0.570. The molecule has 0 aromatic carbocycles. The van der Waals surface area contributed by atoms with Crippen LogP contribution in [0.1, 0.15) is 39.5 Å².